The second-order valence-electron chi connectivity index (χ2n) is 2.56. The van der Waals surface area contributed by atoms with Gasteiger partial charge in [-0.3, -0.25) is 0 Å². The van der Waals surface area contributed by atoms with E-state index in [1.54, 1.807) is 18.2 Å². The number of benzene rings is 1. The molecule has 0 radical (unpaired) electrons. The van der Waals surface area contributed by atoms with Crippen LogP contribution in [0.1, 0.15) is 20.7 Å². The highest BCUT2D eigenvalue weighted by Gasteiger charge is 2.32. The maximum atomic E-state index is 11.1. The van der Waals surface area contributed by atoms with Crippen molar-refractivity contribution in [2.24, 2.45) is 0 Å². The van der Waals surface area contributed by atoms with Crippen LogP contribution in [0.15, 0.2) is 18.2 Å². The zero-order valence-corrected chi connectivity index (χ0v) is 8.87. The largest absolute Gasteiger partial charge is 0.553 e. The predicted octanol–water partition coefficient (Wildman–Crippen LogP) is -0.344. The minimum atomic E-state index is -0.619. The number of esters is 2. The first kappa shape index (κ1) is 8.00. The van der Waals surface area contributed by atoms with Crippen molar-refractivity contribution in [2.75, 3.05) is 0 Å². The fraction of sp³-hybridized carbons (Fsp3) is 0. The van der Waals surface area contributed by atoms with Gasteiger partial charge in [-0.05, 0) is 12.1 Å². The van der Waals surface area contributed by atoms with Crippen LogP contribution < -0.4 is 4.43 Å². The standard InChI is InChI=1S/C8H6O4Si/c9-7-4-2-1-3-5(12-13)6(4)8(10)11-7/h1-3H,13H3. The van der Waals surface area contributed by atoms with Crippen LogP contribution in [-0.2, 0) is 4.74 Å². The summed E-state index contributed by atoms with van der Waals surface area (Å²) in [6, 6.07) is 4.85. The number of carbonyl (C=O) groups excluding carboxylic acids is 2. The van der Waals surface area contributed by atoms with E-state index in [0.29, 0.717) is 21.8 Å². The Balaban J connectivity index is 2.69. The van der Waals surface area contributed by atoms with E-state index in [0.717, 1.165) is 0 Å². The smallest absolute Gasteiger partial charge is 0.350 e. The van der Waals surface area contributed by atoms with Crippen molar-refractivity contribution < 1.29 is 18.8 Å². The van der Waals surface area contributed by atoms with Crippen LogP contribution in [0.25, 0.3) is 0 Å². The molecule has 0 aliphatic carbocycles. The summed E-state index contributed by atoms with van der Waals surface area (Å²) in [5.41, 5.74) is 0.542. The molecule has 1 aromatic carbocycles. The van der Waals surface area contributed by atoms with Crippen molar-refractivity contribution in [2.45, 2.75) is 0 Å². The summed E-state index contributed by atoms with van der Waals surface area (Å²) in [4.78, 5) is 22.2. The van der Waals surface area contributed by atoms with E-state index in [9.17, 15) is 9.59 Å². The molecule has 5 heteroatoms. The van der Waals surface area contributed by atoms with Crippen LogP contribution >= 0.6 is 0 Å². The molecule has 0 N–H and O–H groups in total. The Bertz CT molecular complexity index is 399. The number of carbonyl (C=O) groups is 2. The zero-order chi connectivity index (χ0) is 9.42. The average Bonchev–Trinajstić information content (AvgIpc) is 2.43. The normalized spacial score (nSPS) is 14.2. The summed E-state index contributed by atoms with van der Waals surface area (Å²) in [5, 5.41) is 0. The van der Waals surface area contributed by atoms with Crippen molar-refractivity contribution in [3.8, 4) is 5.75 Å². The van der Waals surface area contributed by atoms with Gasteiger partial charge in [0.05, 0.1) is 5.56 Å². The van der Waals surface area contributed by atoms with E-state index in [1.165, 1.54) is 0 Å². The molecular formula is C8H6O4Si. The third kappa shape index (κ3) is 1.05. The topological polar surface area (TPSA) is 52.6 Å². The molecule has 0 saturated heterocycles. The van der Waals surface area contributed by atoms with Crippen molar-refractivity contribution in [1.82, 2.24) is 0 Å². The van der Waals surface area contributed by atoms with Crippen LogP contribution in [-0.4, -0.2) is 22.4 Å². The zero-order valence-electron chi connectivity index (χ0n) is 6.87. The molecule has 4 nitrogen and oxygen atoms in total. The summed E-state index contributed by atoms with van der Waals surface area (Å²) in [6.07, 6.45) is 0. The molecule has 1 aliphatic heterocycles. The Morgan fingerprint density at radius 1 is 1.23 bits per heavy atom. The van der Waals surface area contributed by atoms with Crippen LogP contribution in [0.3, 0.4) is 0 Å². The first-order chi connectivity index (χ1) is 6.24. The van der Waals surface area contributed by atoms with Gasteiger partial charge in [0.15, 0.2) is 0 Å². The van der Waals surface area contributed by atoms with Crippen molar-refractivity contribution in [3.05, 3.63) is 29.3 Å². The Labute approximate surface area is 77.0 Å². The molecule has 0 unspecified atom stereocenters. The molecule has 0 atom stereocenters. The maximum absolute atomic E-state index is 11.1. The lowest BCUT2D eigenvalue weighted by Crippen LogP contribution is -1.99. The van der Waals surface area contributed by atoms with E-state index in [4.69, 9.17) is 4.43 Å². The van der Waals surface area contributed by atoms with E-state index in [2.05, 4.69) is 4.74 Å². The molecular weight excluding hydrogens is 188 g/mol. The Hall–Kier alpha value is -1.62. The lowest BCUT2D eigenvalue weighted by molar-refractivity contribution is 0.0443. The fourth-order valence-corrected chi connectivity index (χ4v) is 1.61. The summed E-state index contributed by atoms with van der Waals surface area (Å²) in [7, 11) is 0.471. The van der Waals surface area contributed by atoms with Gasteiger partial charge in [-0.25, -0.2) is 9.59 Å². The molecule has 1 aliphatic rings. The van der Waals surface area contributed by atoms with Crippen LogP contribution in [0.5, 0.6) is 5.75 Å². The number of cyclic esters (lactones) is 2. The molecule has 1 aromatic rings. The highest BCUT2D eigenvalue weighted by Crippen LogP contribution is 2.28. The molecule has 0 fully saturated rings. The lowest BCUT2D eigenvalue weighted by Gasteiger charge is -2.02. The first-order valence-electron chi connectivity index (χ1n) is 3.67. The molecule has 0 spiro atoms. The number of hydrogen-bond donors (Lipinski definition) is 0. The van der Waals surface area contributed by atoms with Gasteiger partial charge in [-0.15, -0.1) is 0 Å². The SMILES string of the molecule is O=C1OC(=O)c2c(O[SiH3])cccc21. The summed E-state index contributed by atoms with van der Waals surface area (Å²) in [6.45, 7) is 0. The maximum Gasteiger partial charge on any atom is 0.350 e. The summed E-state index contributed by atoms with van der Waals surface area (Å²) >= 11 is 0. The average molecular weight is 194 g/mol. The fourth-order valence-electron chi connectivity index (χ4n) is 1.27. The Morgan fingerprint density at radius 3 is 2.69 bits per heavy atom. The lowest BCUT2D eigenvalue weighted by atomic mass is 10.1. The van der Waals surface area contributed by atoms with Crippen molar-refractivity contribution >= 4 is 22.4 Å². The van der Waals surface area contributed by atoms with Crippen LogP contribution in [0, 0.1) is 0 Å². The van der Waals surface area contributed by atoms with Gasteiger partial charge in [-0.2, -0.15) is 0 Å². The molecule has 13 heavy (non-hydrogen) atoms. The van der Waals surface area contributed by atoms with Crippen LogP contribution in [0.4, 0.5) is 0 Å². The number of rotatable bonds is 1. The van der Waals surface area contributed by atoms with E-state index >= 15 is 0 Å². The van der Waals surface area contributed by atoms with Gasteiger partial charge in [0, 0.05) is 0 Å². The van der Waals surface area contributed by atoms with Gasteiger partial charge in [0.2, 0.25) is 10.5 Å². The number of fused-ring (bicyclic) bond motifs is 1. The highest BCUT2D eigenvalue weighted by atomic mass is 28.2. The monoisotopic (exact) mass is 194 g/mol. The van der Waals surface area contributed by atoms with E-state index in [1.807, 2.05) is 0 Å². The van der Waals surface area contributed by atoms with Crippen LogP contribution in [0.2, 0.25) is 0 Å². The van der Waals surface area contributed by atoms with Crippen molar-refractivity contribution in [1.29, 1.82) is 0 Å². The summed E-state index contributed by atoms with van der Waals surface area (Å²) in [5.74, 6) is -0.785. The Kier molecular flexibility index (Phi) is 1.66. The highest BCUT2D eigenvalue weighted by molar-refractivity contribution is 6.16. The molecule has 1 heterocycles. The first-order valence-corrected chi connectivity index (χ1v) is 4.49. The molecule has 0 bridgehead atoms. The minimum Gasteiger partial charge on any atom is -0.553 e. The quantitative estimate of drug-likeness (QED) is 0.348. The second kappa shape index (κ2) is 2.70. The molecule has 0 aromatic heterocycles. The van der Waals surface area contributed by atoms with Gasteiger partial charge < -0.3 is 9.16 Å². The summed E-state index contributed by atoms with van der Waals surface area (Å²) < 4.78 is 9.49. The Morgan fingerprint density at radius 2 is 2.00 bits per heavy atom. The number of hydrogen-bond acceptors (Lipinski definition) is 4. The van der Waals surface area contributed by atoms with Gasteiger partial charge in [-0.1, -0.05) is 6.07 Å². The third-order valence-corrected chi connectivity index (χ3v) is 2.30. The third-order valence-electron chi connectivity index (χ3n) is 1.86. The molecule has 66 valence electrons. The minimum absolute atomic E-state index is 0.252. The molecule has 0 amide bonds. The van der Waals surface area contributed by atoms with E-state index < -0.39 is 11.9 Å². The molecule has 2 rings (SSSR count). The second-order valence-corrected chi connectivity index (χ2v) is 2.97. The van der Waals surface area contributed by atoms with Crippen molar-refractivity contribution in [3.63, 3.8) is 0 Å². The van der Waals surface area contributed by atoms with Gasteiger partial charge in [0.25, 0.3) is 0 Å². The van der Waals surface area contributed by atoms with Gasteiger partial charge >= 0.3 is 11.9 Å². The molecule has 0 saturated carbocycles. The number of ether oxygens (including phenoxy) is 1. The van der Waals surface area contributed by atoms with E-state index in [-0.39, 0.29) is 5.56 Å². The predicted molar refractivity (Wildman–Crippen MR) is 46.8 cm³/mol. The van der Waals surface area contributed by atoms with Gasteiger partial charge in [0.1, 0.15) is 11.3 Å².